The van der Waals surface area contributed by atoms with Crippen molar-refractivity contribution in [2.45, 2.75) is 19.3 Å². The molecule has 2 aromatic rings. The molecule has 21 heavy (non-hydrogen) atoms. The standard InChI is InChI=1S/C18H21NO2/c20-18(13-15-21-17-11-5-2-6-12-17)19-14-7-10-16-8-3-1-4-9-16/h1-6,8-9,11-12H,7,10,13-15H2,(H,19,20). The number of ether oxygens (including phenoxy) is 1. The lowest BCUT2D eigenvalue weighted by Crippen LogP contribution is -2.26. The summed E-state index contributed by atoms with van der Waals surface area (Å²) in [4.78, 5) is 11.7. The molecular weight excluding hydrogens is 262 g/mol. The van der Waals surface area contributed by atoms with Gasteiger partial charge in [0.15, 0.2) is 0 Å². The Bertz CT molecular complexity index is 525. The first-order valence-electron chi connectivity index (χ1n) is 7.33. The van der Waals surface area contributed by atoms with Gasteiger partial charge in [-0.15, -0.1) is 0 Å². The van der Waals surface area contributed by atoms with Crippen molar-refractivity contribution < 1.29 is 9.53 Å². The maximum Gasteiger partial charge on any atom is 0.223 e. The summed E-state index contributed by atoms with van der Waals surface area (Å²) in [7, 11) is 0. The van der Waals surface area contributed by atoms with E-state index in [0.29, 0.717) is 19.6 Å². The number of amides is 1. The Balaban J connectivity index is 1.54. The number of hydrogen-bond acceptors (Lipinski definition) is 2. The third-order valence-corrected chi connectivity index (χ3v) is 3.15. The molecule has 0 spiro atoms. The molecule has 0 heterocycles. The minimum Gasteiger partial charge on any atom is -0.493 e. The monoisotopic (exact) mass is 283 g/mol. The van der Waals surface area contributed by atoms with E-state index in [9.17, 15) is 4.79 Å². The van der Waals surface area contributed by atoms with Gasteiger partial charge >= 0.3 is 0 Å². The van der Waals surface area contributed by atoms with Crippen molar-refractivity contribution in [1.29, 1.82) is 0 Å². The van der Waals surface area contributed by atoms with E-state index in [1.807, 2.05) is 48.5 Å². The van der Waals surface area contributed by atoms with Crippen LogP contribution in [-0.4, -0.2) is 19.1 Å². The highest BCUT2D eigenvalue weighted by Gasteiger charge is 2.01. The van der Waals surface area contributed by atoms with Gasteiger partial charge in [0, 0.05) is 6.54 Å². The van der Waals surface area contributed by atoms with Gasteiger partial charge in [-0.05, 0) is 30.5 Å². The predicted octanol–water partition coefficient (Wildman–Crippen LogP) is 3.20. The van der Waals surface area contributed by atoms with E-state index in [0.717, 1.165) is 18.6 Å². The van der Waals surface area contributed by atoms with Gasteiger partial charge in [-0.3, -0.25) is 4.79 Å². The van der Waals surface area contributed by atoms with Gasteiger partial charge in [-0.1, -0.05) is 48.5 Å². The molecule has 0 saturated carbocycles. The van der Waals surface area contributed by atoms with Crippen LogP contribution >= 0.6 is 0 Å². The van der Waals surface area contributed by atoms with Crippen molar-refractivity contribution in [2.75, 3.05) is 13.2 Å². The fourth-order valence-electron chi connectivity index (χ4n) is 2.03. The van der Waals surface area contributed by atoms with Crippen molar-refractivity contribution in [1.82, 2.24) is 5.32 Å². The molecule has 3 heteroatoms. The summed E-state index contributed by atoms with van der Waals surface area (Å²) in [5.74, 6) is 0.841. The zero-order valence-electron chi connectivity index (χ0n) is 12.1. The first-order chi connectivity index (χ1) is 10.3. The lowest BCUT2D eigenvalue weighted by Gasteiger charge is -2.07. The Labute approximate surface area is 126 Å². The van der Waals surface area contributed by atoms with Gasteiger partial charge in [0.05, 0.1) is 13.0 Å². The maximum absolute atomic E-state index is 11.7. The lowest BCUT2D eigenvalue weighted by atomic mass is 10.1. The maximum atomic E-state index is 11.7. The smallest absolute Gasteiger partial charge is 0.223 e. The molecule has 0 radical (unpaired) electrons. The van der Waals surface area contributed by atoms with Gasteiger partial charge in [0.2, 0.25) is 5.91 Å². The zero-order chi connectivity index (χ0) is 14.8. The second kappa shape index (κ2) is 8.80. The molecule has 1 amide bonds. The van der Waals surface area contributed by atoms with E-state index in [2.05, 4.69) is 17.4 Å². The van der Waals surface area contributed by atoms with Crippen LogP contribution in [0.5, 0.6) is 5.75 Å². The summed E-state index contributed by atoms with van der Waals surface area (Å²) >= 11 is 0. The summed E-state index contributed by atoms with van der Waals surface area (Å²) in [6.45, 7) is 1.12. The highest BCUT2D eigenvalue weighted by molar-refractivity contribution is 5.75. The Morgan fingerprint density at radius 2 is 1.62 bits per heavy atom. The van der Waals surface area contributed by atoms with Crippen LogP contribution in [0.1, 0.15) is 18.4 Å². The lowest BCUT2D eigenvalue weighted by molar-refractivity contribution is -0.121. The molecule has 3 nitrogen and oxygen atoms in total. The second-order valence-corrected chi connectivity index (χ2v) is 4.85. The molecule has 2 rings (SSSR count). The summed E-state index contributed by atoms with van der Waals surface area (Å²) in [6, 6.07) is 19.8. The summed E-state index contributed by atoms with van der Waals surface area (Å²) < 4.78 is 5.49. The number of carbonyl (C=O) groups is 1. The van der Waals surface area contributed by atoms with Gasteiger partial charge in [0.1, 0.15) is 5.75 Å². The topological polar surface area (TPSA) is 38.3 Å². The molecule has 0 aromatic heterocycles. The van der Waals surface area contributed by atoms with Gasteiger partial charge in [0.25, 0.3) is 0 Å². The molecule has 0 bridgehead atoms. The van der Waals surface area contributed by atoms with E-state index in [-0.39, 0.29) is 5.91 Å². The third kappa shape index (κ3) is 6.13. The van der Waals surface area contributed by atoms with Crippen LogP contribution in [0, 0.1) is 0 Å². The van der Waals surface area contributed by atoms with Crippen molar-refractivity contribution in [3.63, 3.8) is 0 Å². The molecule has 1 N–H and O–H groups in total. The van der Waals surface area contributed by atoms with E-state index in [4.69, 9.17) is 4.74 Å². The van der Waals surface area contributed by atoms with Crippen LogP contribution in [0.3, 0.4) is 0 Å². The highest BCUT2D eigenvalue weighted by atomic mass is 16.5. The quantitative estimate of drug-likeness (QED) is 0.756. The molecule has 0 aliphatic rings. The molecule has 0 saturated heterocycles. The number of para-hydroxylation sites is 1. The summed E-state index contributed by atoms with van der Waals surface area (Å²) in [5.41, 5.74) is 1.30. The third-order valence-electron chi connectivity index (χ3n) is 3.15. The number of hydrogen-bond donors (Lipinski definition) is 1. The van der Waals surface area contributed by atoms with E-state index in [1.54, 1.807) is 0 Å². The molecule has 0 unspecified atom stereocenters. The van der Waals surface area contributed by atoms with Crippen LogP contribution in [0.2, 0.25) is 0 Å². The molecule has 0 aliphatic heterocycles. The summed E-state index contributed by atoms with van der Waals surface area (Å²) in [6.07, 6.45) is 2.33. The van der Waals surface area contributed by atoms with E-state index >= 15 is 0 Å². The van der Waals surface area contributed by atoms with Crippen molar-refractivity contribution in [3.05, 3.63) is 66.2 Å². The minimum absolute atomic E-state index is 0.0407. The van der Waals surface area contributed by atoms with Crippen molar-refractivity contribution >= 4 is 5.91 Å². The van der Waals surface area contributed by atoms with Crippen molar-refractivity contribution in [3.8, 4) is 5.75 Å². The number of nitrogens with one attached hydrogen (secondary N) is 1. The van der Waals surface area contributed by atoms with Crippen molar-refractivity contribution in [2.24, 2.45) is 0 Å². The SMILES string of the molecule is O=C(CCOc1ccccc1)NCCCc1ccccc1. The molecule has 110 valence electrons. The molecule has 2 aromatic carbocycles. The zero-order valence-corrected chi connectivity index (χ0v) is 12.1. The fourth-order valence-corrected chi connectivity index (χ4v) is 2.03. The van der Waals surface area contributed by atoms with Gasteiger partial charge in [-0.25, -0.2) is 0 Å². The average Bonchev–Trinajstić information content (AvgIpc) is 2.54. The number of benzene rings is 2. The van der Waals surface area contributed by atoms with Gasteiger partial charge < -0.3 is 10.1 Å². The van der Waals surface area contributed by atoms with Crippen LogP contribution in [-0.2, 0) is 11.2 Å². The molecule has 0 aliphatic carbocycles. The minimum atomic E-state index is 0.0407. The van der Waals surface area contributed by atoms with Gasteiger partial charge in [-0.2, -0.15) is 0 Å². The first-order valence-corrected chi connectivity index (χ1v) is 7.33. The fraction of sp³-hybridized carbons (Fsp3) is 0.278. The Kier molecular flexibility index (Phi) is 6.33. The second-order valence-electron chi connectivity index (χ2n) is 4.85. The summed E-state index contributed by atoms with van der Waals surface area (Å²) in [5, 5.41) is 2.92. The van der Waals surface area contributed by atoms with Crippen LogP contribution < -0.4 is 10.1 Å². The highest BCUT2D eigenvalue weighted by Crippen LogP contribution is 2.08. The largest absolute Gasteiger partial charge is 0.493 e. The number of aryl methyl sites for hydroxylation is 1. The van der Waals surface area contributed by atoms with E-state index < -0.39 is 0 Å². The Hall–Kier alpha value is -2.29. The Morgan fingerprint density at radius 3 is 2.33 bits per heavy atom. The molecule has 0 fully saturated rings. The Morgan fingerprint density at radius 1 is 0.952 bits per heavy atom. The molecular formula is C18H21NO2. The van der Waals surface area contributed by atoms with Crippen LogP contribution in [0.25, 0.3) is 0 Å². The molecule has 0 atom stereocenters. The number of rotatable bonds is 8. The van der Waals surface area contributed by atoms with E-state index in [1.165, 1.54) is 5.56 Å². The predicted molar refractivity (Wildman–Crippen MR) is 84.3 cm³/mol. The number of carbonyl (C=O) groups excluding carboxylic acids is 1. The first kappa shape index (κ1) is 15.1. The van der Waals surface area contributed by atoms with Crippen LogP contribution in [0.15, 0.2) is 60.7 Å². The average molecular weight is 283 g/mol. The van der Waals surface area contributed by atoms with Crippen LogP contribution in [0.4, 0.5) is 0 Å². The normalized spacial score (nSPS) is 10.1.